The highest BCUT2D eigenvalue weighted by Crippen LogP contribution is 2.28. The second kappa shape index (κ2) is 5.91. The van der Waals surface area contributed by atoms with Crippen molar-refractivity contribution in [2.75, 3.05) is 0 Å². The molecule has 104 valence electrons. The summed E-state index contributed by atoms with van der Waals surface area (Å²) in [6.07, 6.45) is 15.7. The van der Waals surface area contributed by atoms with Gasteiger partial charge in [-0.25, -0.2) is 0 Å². The molecule has 1 unspecified atom stereocenters. The number of rotatable bonds is 3. The Morgan fingerprint density at radius 1 is 1.16 bits per heavy atom. The van der Waals surface area contributed by atoms with Crippen molar-refractivity contribution in [2.45, 2.75) is 69.9 Å². The molecular formula is C16H25N3. The van der Waals surface area contributed by atoms with Gasteiger partial charge < -0.3 is 5.73 Å². The van der Waals surface area contributed by atoms with Crippen LogP contribution in [0.5, 0.6) is 0 Å². The van der Waals surface area contributed by atoms with E-state index in [-0.39, 0.29) is 6.04 Å². The van der Waals surface area contributed by atoms with Crippen LogP contribution in [0.3, 0.4) is 0 Å². The van der Waals surface area contributed by atoms with Crippen LogP contribution in [0.4, 0.5) is 0 Å². The molecule has 3 rings (SSSR count). The molecular weight excluding hydrogens is 234 g/mol. The number of allylic oxidation sites excluding steroid dienone is 1. The van der Waals surface area contributed by atoms with Crippen LogP contribution in [-0.4, -0.2) is 15.8 Å². The molecule has 1 aromatic rings. The molecule has 0 saturated heterocycles. The van der Waals surface area contributed by atoms with Crippen molar-refractivity contribution < 1.29 is 0 Å². The Kier molecular flexibility index (Phi) is 4.02. The smallest absolute Gasteiger partial charge is 0.0665 e. The summed E-state index contributed by atoms with van der Waals surface area (Å²) < 4.78 is 2.21. The summed E-state index contributed by atoms with van der Waals surface area (Å²) in [5.41, 5.74) is 8.69. The number of nitrogens with zero attached hydrogens (tertiary/aromatic N) is 2. The second-order valence-corrected chi connectivity index (χ2v) is 6.14. The summed E-state index contributed by atoms with van der Waals surface area (Å²) in [6.45, 7) is 0. The van der Waals surface area contributed by atoms with Crippen LogP contribution in [0, 0.1) is 0 Å². The molecule has 3 heteroatoms. The second-order valence-electron chi connectivity index (χ2n) is 6.14. The number of hydrogen-bond acceptors (Lipinski definition) is 2. The van der Waals surface area contributed by atoms with Gasteiger partial charge in [-0.05, 0) is 38.2 Å². The number of aromatic nitrogens is 2. The average Bonchev–Trinajstić information content (AvgIpc) is 2.88. The molecule has 1 atom stereocenters. The van der Waals surface area contributed by atoms with Gasteiger partial charge in [0.1, 0.15) is 0 Å². The van der Waals surface area contributed by atoms with Crippen molar-refractivity contribution in [3.8, 4) is 0 Å². The zero-order valence-electron chi connectivity index (χ0n) is 11.7. The Hall–Kier alpha value is -1.09. The minimum atomic E-state index is 0.268. The van der Waals surface area contributed by atoms with Crippen LogP contribution in [0.1, 0.15) is 63.1 Å². The lowest BCUT2D eigenvalue weighted by molar-refractivity contribution is 0.328. The lowest BCUT2D eigenvalue weighted by Gasteiger charge is -2.22. The molecule has 1 fully saturated rings. The van der Waals surface area contributed by atoms with Crippen molar-refractivity contribution in [1.82, 2.24) is 9.78 Å². The molecule has 3 nitrogen and oxygen atoms in total. The Bertz CT molecular complexity index is 441. The first-order valence-electron chi connectivity index (χ1n) is 7.80. The van der Waals surface area contributed by atoms with Crippen molar-refractivity contribution in [3.63, 3.8) is 0 Å². The lowest BCUT2D eigenvalue weighted by atomic mass is 9.93. The Morgan fingerprint density at radius 2 is 2.00 bits per heavy atom. The zero-order chi connectivity index (χ0) is 13.1. The first-order chi connectivity index (χ1) is 9.31. The van der Waals surface area contributed by atoms with Crippen molar-refractivity contribution in [2.24, 2.45) is 5.73 Å². The lowest BCUT2D eigenvalue weighted by Crippen LogP contribution is -2.21. The molecule has 2 N–H and O–H groups in total. The van der Waals surface area contributed by atoms with E-state index in [0.717, 1.165) is 12.8 Å². The molecule has 0 spiro atoms. The minimum absolute atomic E-state index is 0.268. The highest BCUT2D eigenvalue weighted by molar-refractivity contribution is 5.17. The van der Waals surface area contributed by atoms with E-state index in [1.54, 1.807) is 0 Å². The molecule has 19 heavy (non-hydrogen) atoms. The zero-order valence-corrected chi connectivity index (χ0v) is 11.7. The van der Waals surface area contributed by atoms with E-state index in [4.69, 9.17) is 10.8 Å². The normalized spacial score (nSPS) is 25.3. The van der Waals surface area contributed by atoms with Gasteiger partial charge in [-0.2, -0.15) is 5.10 Å². The number of nitrogens with two attached hydrogens (primary N) is 1. The highest BCUT2D eigenvalue weighted by atomic mass is 15.3. The van der Waals surface area contributed by atoms with Crippen molar-refractivity contribution in [1.29, 1.82) is 0 Å². The van der Waals surface area contributed by atoms with Crippen LogP contribution in [0.25, 0.3) is 0 Å². The SMILES string of the molecule is NC1C=C(Cc2ccn(C3CCCCC3)n2)CCC1. The third-order valence-corrected chi connectivity index (χ3v) is 4.51. The fraction of sp³-hybridized carbons (Fsp3) is 0.688. The topological polar surface area (TPSA) is 43.8 Å². The molecule has 0 aliphatic heterocycles. The van der Waals surface area contributed by atoms with E-state index in [1.807, 2.05) is 0 Å². The van der Waals surface area contributed by atoms with Crippen LogP contribution < -0.4 is 5.73 Å². The predicted molar refractivity (Wildman–Crippen MR) is 78.0 cm³/mol. The standard InChI is InChI=1S/C16H25N3/c17-14-6-4-5-13(11-14)12-15-9-10-19(18-15)16-7-2-1-3-8-16/h9-11,14,16H,1-8,12,17H2. The minimum Gasteiger partial charge on any atom is -0.324 e. The van der Waals surface area contributed by atoms with Gasteiger partial charge in [0.05, 0.1) is 11.7 Å². The van der Waals surface area contributed by atoms with Crippen molar-refractivity contribution >= 4 is 0 Å². The van der Waals surface area contributed by atoms with Gasteiger partial charge in [0, 0.05) is 18.7 Å². The summed E-state index contributed by atoms with van der Waals surface area (Å²) in [7, 11) is 0. The highest BCUT2D eigenvalue weighted by Gasteiger charge is 2.17. The van der Waals surface area contributed by atoms with Crippen LogP contribution in [-0.2, 0) is 6.42 Å². The van der Waals surface area contributed by atoms with Gasteiger partial charge in [0.25, 0.3) is 0 Å². The fourth-order valence-corrected chi connectivity index (χ4v) is 3.43. The molecule has 2 aliphatic carbocycles. The van der Waals surface area contributed by atoms with E-state index in [0.29, 0.717) is 6.04 Å². The molecule has 0 radical (unpaired) electrons. The van der Waals surface area contributed by atoms with Crippen LogP contribution in [0.2, 0.25) is 0 Å². The maximum Gasteiger partial charge on any atom is 0.0665 e. The molecule has 0 bridgehead atoms. The third kappa shape index (κ3) is 3.27. The Balaban J connectivity index is 1.64. The first-order valence-corrected chi connectivity index (χ1v) is 7.80. The summed E-state index contributed by atoms with van der Waals surface area (Å²) in [5.74, 6) is 0. The quantitative estimate of drug-likeness (QED) is 0.846. The van der Waals surface area contributed by atoms with Crippen LogP contribution >= 0.6 is 0 Å². The van der Waals surface area contributed by atoms with E-state index in [2.05, 4.69) is 23.0 Å². The molecule has 0 amide bonds. The van der Waals surface area contributed by atoms with Gasteiger partial charge >= 0.3 is 0 Å². The molecule has 1 heterocycles. The predicted octanol–water partition coefficient (Wildman–Crippen LogP) is 3.37. The van der Waals surface area contributed by atoms with E-state index in [1.165, 1.54) is 56.2 Å². The summed E-state index contributed by atoms with van der Waals surface area (Å²) >= 11 is 0. The largest absolute Gasteiger partial charge is 0.324 e. The average molecular weight is 259 g/mol. The molecule has 2 aliphatic rings. The van der Waals surface area contributed by atoms with Gasteiger partial charge in [0.15, 0.2) is 0 Å². The molecule has 0 aromatic carbocycles. The third-order valence-electron chi connectivity index (χ3n) is 4.51. The van der Waals surface area contributed by atoms with Gasteiger partial charge in [0.2, 0.25) is 0 Å². The monoisotopic (exact) mass is 259 g/mol. The molecule has 1 aromatic heterocycles. The van der Waals surface area contributed by atoms with E-state index >= 15 is 0 Å². The Morgan fingerprint density at radius 3 is 2.79 bits per heavy atom. The summed E-state index contributed by atoms with van der Waals surface area (Å²) in [6, 6.07) is 3.10. The van der Waals surface area contributed by atoms with Gasteiger partial charge in [-0.15, -0.1) is 0 Å². The first kappa shape index (κ1) is 12.9. The van der Waals surface area contributed by atoms with Crippen molar-refractivity contribution in [3.05, 3.63) is 29.6 Å². The maximum atomic E-state index is 6.00. The molecule has 1 saturated carbocycles. The van der Waals surface area contributed by atoms with Gasteiger partial charge in [-0.3, -0.25) is 4.68 Å². The maximum absolute atomic E-state index is 6.00. The number of hydrogen-bond donors (Lipinski definition) is 1. The summed E-state index contributed by atoms with van der Waals surface area (Å²) in [4.78, 5) is 0. The van der Waals surface area contributed by atoms with E-state index in [9.17, 15) is 0 Å². The van der Waals surface area contributed by atoms with Crippen LogP contribution in [0.15, 0.2) is 23.9 Å². The fourth-order valence-electron chi connectivity index (χ4n) is 3.43. The summed E-state index contributed by atoms with van der Waals surface area (Å²) in [5, 5.41) is 4.79. The van der Waals surface area contributed by atoms with E-state index < -0.39 is 0 Å². The van der Waals surface area contributed by atoms with Gasteiger partial charge in [-0.1, -0.05) is 30.9 Å². The Labute approximate surface area is 115 Å².